The second-order valence-electron chi connectivity index (χ2n) is 6.91. The van der Waals surface area contributed by atoms with Crippen LogP contribution in [0.1, 0.15) is 32.0 Å². The molecular weight excluding hydrogens is 340 g/mol. The highest BCUT2D eigenvalue weighted by atomic mass is 16.2. The molecule has 1 saturated carbocycles. The van der Waals surface area contributed by atoms with Gasteiger partial charge in [0.1, 0.15) is 5.82 Å². The van der Waals surface area contributed by atoms with Crippen LogP contribution in [0.4, 0.5) is 0 Å². The molecule has 1 aliphatic carbocycles. The number of carbonyl (C=O) groups excluding carboxylic acids is 1. The Morgan fingerprint density at radius 1 is 1.22 bits per heavy atom. The molecule has 0 saturated heterocycles. The number of carbonyl (C=O) groups is 1. The minimum atomic E-state index is 0.182. The lowest BCUT2D eigenvalue weighted by Crippen LogP contribution is -2.41. The number of hydrogen-bond acceptors (Lipinski definition) is 3. The number of amides is 1. The number of hydrogen-bond donors (Lipinski definition) is 3. The van der Waals surface area contributed by atoms with E-state index in [0.29, 0.717) is 13.1 Å². The molecule has 3 N–H and O–H groups in total. The topological polar surface area (TPSA) is 83.3 Å². The lowest BCUT2D eigenvalue weighted by atomic mass is 10.3. The lowest BCUT2D eigenvalue weighted by molar-refractivity contribution is -0.122. The molecule has 7 heteroatoms. The molecule has 3 rings (SSSR count). The third kappa shape index (κ3) is 5.45. The van der Waals surface area contributed by atoms with E-state index in [1.807, 2.05) is 32.0 Å². The van der Waals surface area contributed by atoms with Crippen molar-refractivity contribution in [2.24, 2.45) is 10.9 Å². The summed E-state index contributed by atoms with van der Waals surface area (Å²) in [5, 5.41) is 9.48. The molecule has 0 unspecified atom stereocenters. The van der Waals surface area contributed by atoms with E-state index in [9.17, 15) is 4.79 Å². The number of aryl methyl sites for hydroxylation is 2. The number of para-hydroxylation sites is 2. The van der Waals surface area contributed by atoms with Crippen LogP contribution in [0, 0.1) is 12.8 Å². The van der Waals surface area contributed by atoms with Gasteiger partial charge < -0.3 is 20.5 Å². The first-order chi connectivity index (χ1) is 13.2. The fourth-order valence-corrected chi connectivity index (χ4v) is 3.10. The van der Waals surface area contributed by atoms with Crippen LogP contribution in [0.5, 0.6) is 0 Å². The molecule has 27 heavy (non-hydrogen) atoms. The summed E-state index contributed by atoms with van der Waals surface area (Å²) in [4.78, 5) is 20.9. The Bertz CT molecular complexity index is 793. The van der Waals surface area contributed by atoms with Gasteiger partial charge in [0, 0.05) is 38.6 Å². The molecule has 7 nitrogen and oxygen atoms in total. The zero-order chi connectivity index (χ0) is 19.1. The van der Waals surface area contributed by atoms with E-state index in [-0.39, 0.29) is 11.8 Å². The molecule has 146 valence electrons. The Hall–Kier alpha value is -2.57. The van der Waals surface area contributed by atoms with Crippen LogP contribution in [0.3, 0.4) is 0 Å². The third-order valence-electron chi connectivity index (χ3n) is 4.66. The van der Waals surface area contributed by atoms with E-state index in [0.717, 1.165) is 56.2 Å². The van der Waals surface area contributed by atoms with Crippen molar-refractivity contribution < 1.29 is 4.79 Å². The first-order valence-corrected chi connectivity index (χ1v) is 9.90. The fraction of sp³-hybridized carbons (Fsp3) is 0.550. The normalized spacial score (nSPS) is 14.4. The summed E-state index contributed by atoms with van der Waals surface area (Å²) in [6.45, 7) is 7.83. The number of benzene rings is 1. The van der Waals surface area contributed by atoms with Gasteiger partial charge in [-0.15, -0.1) is 0 Å². The Kier molecular flexibility index (Phi) is 6.68. The van der Waals surface area contributed by atoms with Crippen LogP contribution in [0.2, 0.25) is 0 Å². The average molecular weight is 371 g/mol. The van der Waals surface area contributed by atoms with Gasteiger partial charge in [0.2, 0.25) is 5.91 Å². The van der Waals surface area contributed by atoms with Gasteiger partial charge in [0.05, 0.1) is 11.0 Å². The summed E-state index contributed by atoms with van der Waals surface area (Å²) in [7, 11) is 0. The second kappa shape index (κ2) is 9.39. The van der Waals surface area contributed by atoms with Gasteiger partial charge in [-0.1, -0.05) is 12.1 Å². The van der Waals surface area contributed by atoms with Gasteiger partial charge in [-0.3, -0.25) is 9.79 Å². The Labute approximate surface area is 160 Å². The summed E-state index contributed by atoms with van der Waals surface area (Å²) in [5.74, 6) is 2.28. The summed E-state index contributed by atoms with van der Waals surface area (Å²) in [6, 6.07) is 8.23. The first kappa shape index (κ1) is 19.2. The summed E-state index contributed by atoms with van der Waals surface area (Å²) in [6.07, 6.45) is 3.01. The van der Waals surface area contributed by atoms with Crippen molar-refractivity contribution in [3.63, 3.8) is 0 Å². The number of nitrogens with zero attached hydrogens (tertiary/aromatic N) is 3. The molecule has 0 radical (unpaired) electrons. The highest BCUT2D eigenvalue weighted by Crippen LogP contribution is 2.28. The molecule has 1 heterocycles. The van der Waals surface area contributed by atoms with E-state index in [1.165, 1.54) is 5.52 Å². The lowest BCUT2D eigenvalue weighted by Gasteiger charge is -2.12. The summed E-state index contributed by atoms with van der Waals surface area (Å²) in [5.41, 5.74) is 2.22. The van der Waals surface area contributed by atoms with E-state index in [4.69, 9.17) is 0 Å². The maximum atomic E-state index is 11.6. The zero-order valence-corrected chi connectivity index (χ0v) is 16.3. The molecule has 1 aromatic carbocycles. The molecule has 0 bridgehead atoms. The van der Waals surface area contributed by atoms with Crippen LogP contribution >= 0.6 is 0 Å². The Balaban J connectivity index is 1.43. The monoisotopic (exact) mass is 370 g/mol. The van der Waals surface area contributed by atoms with Gasteiger partial charge in [-0.2, -0.15) is 0 Å². The largest absolute Gasteiger partial charge is 0.357 e. The molecule has 0 atom stereocenters. The van der Waals surface area contributed by atoms with Gasteiger partial charge >= 0.3 is 0 Å². The number of imidazole rings is 1. The van der Waals surface area contributed by atoms with E-state index >= 15 is 0 Å². The predicted octanol–water partition coefficient (Wildman–Crippen LogP) is 1.82. The van der Waals surface area contributed by atoms with E-state index in [2.05, 4.69) is 36.6 Å². The van der Waals surface area contributed by atoms with Gasteiger partial charge in [-0.25, -0.2) is 4.98 Å². The van der Waals surface area contributed by atoms with Crippen LogP contribution in [-0.4, -0.2) is 47.6 Å². The molecule has 1 aliphatic rings. The van der Waals surface area contributed by atoms with Gasteiger partial charge in [-0.05, 0) is 45.2 Å². The van der Waals surface area contributed by atoms with Crippen LogP contribution in [-0.2, 0) is 11.3 Å². The predicted molar refractivity (Wildman–Crippen MR) is 109 cm³/mol. The standard InChI is InChI=1S/C20H30N6O/c1-3-21-20(24-13-12-22-19(27)16-9-10-16)23-11-6-14-26-15(2)25-17-7-4-5-8-18(17)26/h4-5,7-8,16H,3,6,9-14H2,1-2H3,(H,22,27)(H2,21,23,24). The van der Waals surface area contributed by atoms with Gasteiger partial charge in [0.25, 0.3) is 0 Å². The minimum Gasteiger partial charge on any atom is -0.357 e. The van der Waals surface area contributed by atoms with Crippen molar-refractivity contribution in [2.45, 2.75) is 39.7 Å². The first-order valence-electron chi connectivity index (χ1n) is 9.90. The number of fused-ring (bicyclic) bond motifs is 1. The molecule has 0 spiro atoms. The molecule has 1 fully saturated rings. The van der Waals surface area contributed by atoms with Crippen molar-refractivity contribution in [3.05, 3.63) is 30.1 Å². The average Bonchev–Trinajstić information content (AvgIpc) is 3.46. The SMILES string of the molecule is CCNC(=NCCCn1c(C)nc2ccccc21)NCCNC(=O)C1CC1. The molecule has 2 aromatic rings. The Morgan fingerprint density at radius 3 is 2.78 bits per heavy atom. The maximum Gasteiger partial charge on any atom is 0.223 e. The fourth-order valence-electron chi connectivity index (χ4n) is 3.10. The second-order valence-corrected chi connectivity index (χ2v) is 6.91. The highest BCUT2D eigenvalue weighted by molar-refractivity contribution is 5.81. The van der Waals surface area contributed by atoms with Crippen molar-refractivity contribution in [3.8, 4) is 0 Å². The quantitative estimate of drug-likeness (QED) is 0.357. The molecular formula is C20H30N6O. The number of nitrogens with one attached hydrogen (secondary N) is 3. The smallest absolute Gasteiger partial charge is 0.223 e. The number of aromatic nitrogens is 2. The van der Waals surface area contributed by atoms with Crippen LogP contribution in [0.15, 0.2) is 29.3 Å². The maximum absolute atomic E-state index is 11.6. The minimum absolute atomic E-state index is 0.182. The van der Waals surface area contributed by atoms with Crippen molar-refractivity contribution >= 4 is 22.9 Å². The van der Waals surface area contributed by atoms with Gasteiger partial charge in [0.15, 0.2) is 5.96 Å². The zero-order valence-electron chi connectivity index (χ0n) is 16.3. The Morgan fingerprint density at radius 2 is 2.00 bits per heavy atom. The molecule has 1 amide bonds. The van der Waals surface area contributed by atoms with E-state index < -0.39 is 0 Å². The van der Waals surface area contributed by atoms with Crippen molar-refractivity contribution in [2.75, 3.05) is 26.2 Å². The van der Waals surface area contributed by atoms with Crippen molar-refractivity contribution in [1.82, 2.24) is 25.5 Å². The summed E-state index contributed by atoms with van der Waals surface area (Å²) < 4.78 is 2.25. The molecule has 1 aromatic heterocycles. The number of aliphatic imine (C=N–C) groups is 1. The highest BCUT2D eigenvalue weighted by Gasteiger charge is 2.28. The van der Waals surface area contributed by atoms with E-state index in [1.54, 1.807) is 0 Å². The van der Waals surface area contributed by atoms with Crippen molar-refractivity contribution in [1.29, 1.82) is 0 Å². The molecule has 0 aliphatic heterocycles. The van der Waals surface area contributed by atoms with Crippen LogP contribution < -0.4 is 16.0 Å². The number of rotatable bonds is 9. The summed E-state index contributed by atoms with van der Waals surface area (Å²) >= 11 is 0. The third-order valence-corrected chi connectivity index (χ3v) is 4.66. The number of guanidine groups is 1. The van der Waals surface area contributed by atoms with Crippen LogP contribution in [0.25, 0.3) is 11.0 Å².